The second-order valence-electron chi connectivity index (χ2n) is 3.52. The van der Waals surface area contributed by atoms with E-state index in [4.69, 9.17) is 5.11 Å². The molecule has 0 saturated carbocycles. The molecular weight excluding hydrogens is 216 g/mol. The Hall–Kier alpha value is -0.980. The minimum Gasteiger partial charge on any atom is -0.481 e. The lowest BCUT2D eigenvalue weighted by atomic mass is 10.3. The van der Waals surface area contributed by atoms with Crippen LogP contribution in [0.3, 0.4) is 0 Å². The summed E-state index contributed by atoms with van der Waals surface area (Å²) in [5, 5.41) is 18.5. The van der Waals surface area contributed by atoms with Gasteiger partial charge in [-0.15, -0.1) is 11.3 Å². The minimum atomic E-state index is -1.02. The normalized spacial score (nSPS) is 13.1. The van der Waals surface area contributed by atoms with Crippen LogP contribution >= 0.6 is 11.3 Å². The van der Waals surface area contributed by atoms with Crippen LogP contribution in [0.25, 0.3) is 0 Å². The Kier molecular flexibility index (Phi) is 4.19. The van der Waals surface area contributed by atoms with E-state index in [0.717, 1.165) is 11.4 Å². The lowest BCUT2D eigenvalue weighted by Crippen LogP contribution is -2.09. The molecule has 0 radical (unpaired) electrons. The second-order valence-corrected chi connectivity index (χ2v) is 4.66. The monoisotopic (exact) mass is 230 g/mol. The number of aliphatic carboxylic acids is 1. The average molecular weight is 230 g/mol. The molecule has 1 aromatic rings. The van der Waals surface area contributed by atoms with Gasteiger partial charge in [-0.1, -0.05) is 0 Å². The molecule has 1 atom stereocenters. The first-order valence-electron chi connectivity index (χ1n) is 4.48. The van der Waals surface area contributed by atoms with Crippen molar-refractivity contribution in [3.05, 3.63) is 16.1 Å². The van der Waals surface area contributed by atoms with Crippen LogP contribution < -0.4 is 0 Å². The van der Waals surface area contributed by atoms with Crippen molar-refractivity contribution in [2.75, 3.05) is 14.1 Å². The number of carboxylic acids is 1. The number of aliphatic hydroxyl groups is 1. The smallest absolute Gasteiger partial charge is 0.306 e. The predicted molar refractivity (Wildman–Crippen MR) is 56.7 cm³/mol. The van der Waals surface area contributed by atoms with E-state index in [9.17, 15) is 9.90 Å². The zero-order valence-electron chi connectivity index (χ0n) is 8.67. The molecule has 1 rings (SSSR count). The van der Waals surface area contributed by atoms with Crippen LogP contribution in [0.2, 0.25) is 0 Å². The van der Waals surface area contributed by atoms with Crippen molar-refractivity contribution < 1.29 is 15.0 Å². The number of aliphatic hydroxyl groups excluding tert-OH is 1. The third kappa shape index (κ3) is 3.94. The first kappa shape index (κ1) is 12.1. The number of nitrogens with zero attached hydrogens (tertiary/aromatic N) is 2. The molecule has 6 heteroatoms. The van der Waals surface area contributed by atoms with Crippen LogP contribution in [0.4, 0.5) is 0 Å². The van der Waals surface area contributed by atoms with Crippen LogP contribution in [0.5, 0.6) is 0 Å². The van der Waals surface area contributed by atoms with Gasteiger partial charge in [0.1, 0.15) is 11.1 Å². The van der Waals surface area contributed by atoms with Gasteiger partial charge in [-0.2, -0.15) is 0 Å². The van der Waals surface area contributed by atoms with E-state index in [0.29, 0.717) is 5.01 Å². The predicted octanol–water partition coefficient (Wildman–Crippen LogP) is 0.713. The van der Waals surface area contributed by atoms with Crippen molar-refractivity contribution in [3.8, 4) is 0 Å². The first-order chi connectivity index (χ1) is 6.99. The summed E-state index contributed by atoms with van der Waals surface area (Å²) in [6.07, 6.45) is 0.378. The maximum atomic E-state index is 10.4. The fraction of sp³-hybridized carbons (Fsp3) is 0.556. The van der Waals surface area contributed by atoms with Crippen molar-refractivity contribution in [2.45, 2.75) is 19.1 Å². The molecule has 0 aliphatic carbocycles. The molecule has 84 valence electrons. The van der Waals surface area contributed by atoms with Crippen LogP contribution in [-0.2, 0) is 11.3 Å². The van der Waals surface area contributed by atoms with Gasteiger partial charge < -0.3 is 15.1 Å². The van der Waals surface area contributed by atoms with E-state index in [2.05, 4.69) is 4.98 Å². The standard InChI is InChI=1S/C9H14N2O3S/c1-11(2)5-6-4-10-9(15-6)7(12)3-8(13)14/h4,7,12H,3,5H2,1-2H3,(H,13,14)/t7-/m0/s1. The summed E-state index contributed by atoms with van der Waals surface area (Å²) in [6, 6.07) is 0. The Morgan fingerprint density at radius 1 is 1.67 bits per heavy atom. The maximum absolute atomic E-state index is 10.4. The van der Waals surface area contributed by atoms with Crippen molar-refractivity contribution in [2.24, 2.45) is 0 Å². The molecule has 0 bridgehead atoms. The summed E-state index contributed by atoms with van der Waals surface area (Å²) >= 11 is 1.35. The topological polar surface area (TPSA) is 73.7 Å². The molecule has 15 heavy (non-hydrogen) atoms. The molecule has 0 unspecified atom stereocenters. The van der Waals surface area contributed by atoms with E-state index in [1.165, 1.54) is 11.3 Å². The maximum Gasteiger partial charge on any atom is 0.306 e. The number of hydrogen-bond acceptors (Lipinski definition) is 5. The summed E-state index contributed by atoms with van der Waals surface area (Å²) in [6.45, 7) is 0.747. The highest BCUT2D eigenvalue weighted by atomic mass is 32.1. The molecule has 5 nitrogen and oxygen atoms in total. The van der Waals surface area contributed by atoms with E-state index in [-0.39, 0.29) is 6.42 Å². The first-order valence-corrected chi connectivity index (χ1v) is 5.30. The van der Waals surface area contributed by atoms with Crippen LogP contribution in [0.1, 0.15) is 22.4 Å². The lowest BCUT2D eigenvalue weighted by Gasteiger charge is -2.06. The quantitative estimate of drug-likeness (QED) is 0.779. The number of carboxylic acid groups (broad SMARTS) is 1. The molecular formula is C9H14N2O3S. The van der Waals surface area contributed by atoms with Gasteiger partial charge in [0.15, 0.2) is 0 Å². The Morgan fingerprint density at radius 3 is 2.87 bits per heavy atom. The molecule has 2 N–H and O–H groups in total. The van der Waals surface area contributed by atoms with Crippen molar-refractivity contribution >= 4 is 17.3 Å². The molecule has 0 saturated heterocycles. The number of hydrogen-bond donors (Lipinski definition) is 2. The third-order valence-corrected chi connectivity index (χ3v) is 2.78. The van der Waals surface area contributed by atoms with Gasteiger partial charge in [-0.25, -0.2) is 4.98 Å². The van der Waals surface area contributed by atoms with Crippen LogP contribution in [0.15, 0.2) is 6.20 Å². The SMILES string of the molecule is CN(C)Cc1cnc([C@@H](O)CC(=O)O)s1. The molecule has 1 aromatic heterocycles. The lowest BCUT2D eigenvalue weighted by molar-refractivity contribution is -0.139. The number of carbonyl (C=O) groups is 1. The van der Waals surface area contributed by atoms with Gasteiger partial charge >= 0.3 is 5.97 Å². The van der Waals surface area contributed by atoms with Crippen molar-refractivity contribution in [1.29, 1.82) is 0 Å². The highest BCUT2D eigenvalue weighted by Crippen LogP contribution is 2.23. The summed E-state index contributed by atoms with van der Waals surface area (Å²) < 4.78 is 0. The number of aromatic nitrogens is 1. The summed E-state index contributed by atoms with van der Waals surface area (Å²) in [7, 11) is 3.88. The highest BCUT2D eigenvalue weighted by molar-refractivity contribution is 7.11. The van der Waals surface area contributed by atoms with Crippen LogP contribution in [0, 0.1) is 0 Å². The summed E-state index contributed by atoms with van der Waals surface area (Å²) in [5.74, 6) is -1.02. The van der Waals surface area contributed by atoms with Crippen molar-refractivity contribution in [3.63, 3.8) is 0 Å². The van der Waals surface area contributed by atoms with Crippen molar-refractivity contribution in [1.82, 2.24) is 9.88 Å². The molecule has 0 spiro atoms. The molecule has 0 aromatic carbocycles. The van der Waals surface area contributed by atoms with E-state index < -0.39 is 12.1 Å². The second kappa shape index (κ2) is 5.20. The molecule has 0 aliphatic rings. The molecule has 0 aliphatic heterocycles. The summed E-state index contributed by atoms with van der Waals surface area (Å²) in [5.41, 5.74) is 0. The number of thiazole rings is 1. The molecule has 0 fully saturated rings. The number of rotatable bonds is 5. The zero-order chi connectivity index (χ0) is 11.4. The van der Waals surface area contributed by atoms with Gasteiger partial charge in [0.25, 0.3) is 0 Å². The minimum absolute atomic E-state index is 0.297. The molecule has 1 heterocycles. The Labute approximate surface area is 92.0 Å². The Bertz CT molecular complexity index is 338. The fourth-order valence-corrected chi connectivity index (χ4v) is 2.14. The highest BCUT2D eigenvalue weighted by Gasteiger charge is 2.15. The van der Waals surface area contributed by atoms with Gasteiger partial charge in [0.05, 0.1) is 6.42 Å². The Morgan fingerprint density at radius 2 is 2.33 bits per heavy atom. The zero-order valence-corrected chi connectivity index (χ0v) is 9.49. The van der Waals surface area contributed by atoms with Gasteiger partial charge in [0.2, 0.25) is 0 Å². The van der Waals surface area contributed by atoms with E-state index in [1.807, 2.05) is 19.0 Å². The summed E-state index contributed by atoms with van der Waals surface area (Å²) in [4.78, 5) is 17.4. The average Bonchev–Trinajstić information content (AvgIpc) is 2.50. The largest absolute Gasteiger partial charge is 0.481 e. The molecule has 0 amide bonds. The van der Waals surface area contributed by atoms with Gasteiger partial charge in [-0.3, -0.25) is 4.79 Å². The van der Waals surface area contributed by atoms with Gasteiger partial charge in [-0.05, 0) is 14.1 Å². The fourth-order valence-electron chi connectivity index (χ4n) is 1.11. The van der Waals surface area contributed by atoms with E-state index in [1.54, 1.807) is 6.20 Å². The van der Waals surface area contributed by atoms with Crippen LogP contribution in [-0.4, -0.2) is 40.2 Å². The Balaban J connectivity index is 2.62. The van der Waals surface area contributed by atoms with E-state index >= 15 is 0 Å². The third-order valence-electron chi connectivity index (χ3n) is 1.70. The van der Waals surface area contributed by atoms with Gasteiger partial charge in [0, 0.05) is 17.6 Å².